The second-order valence-corrected chi connectivity index (χ2v) is 6.13. The summed E-state index contributed by atoms with van der Waals surface area (Å²) in [5, 5.41) is 0. The van der Waals surface area contributed by atoms with Crippen molar-refractivity contribution in [3.8, 4) is 17.0 Å². The molecule has 6 nitrogen and oxygen atoms in total. The van der Waals surface area contributed by atoms with Gasteiger partial charge >= 0.3 is 0 Å². The van der Waals surface area contributed by atoms with E-state index in [1.807, 2.05) is 0 Å². The summed E-state index contributed by atoms with van der Waals surface area (Å²) in [7, 11) is 0. The average Bonchev–Trinajstić information content (AvgIpc) is 3.33. The number of hydrogen-bond donors (Lipinski definition) is 1. The Morgan fingerprint density at radius 3 is 2.85 bits per heavy atom. The highest BCUT2D eigenvalue weighted by Crippen LogP contribution is 2.23. The Kier molecular flexibility index (Phi) is 4.35. The number of aromatic amines is 1. The van der Waals surface area contributed by atoms with Crippen LogP contribution in [0, 0.1) is 5.82 Å². The maximum absolute atomic E-state index is 13.0. The van der Waals surface area contributed by atoms with E-state index in [4.69, 9.17) is 4.74 Å². The van der Waals surface area contributed by atoms with Gasteiger partial charge in [0.15, 0.2) is 0 Å². The minimum absolute atomic E-state index is 0.0800. The Morgan fingerprint density at radius 1 is 1.23 bits per heavy atom. The number of amides is 1. The molecule has 4 rings (SSSR count). The number of H-pyrrole nitrogens is 1. The Hall–Kier alpha value is -3.22. The smallest absolute Gasteiger partial charge is 0.270 e. The van der Waals surface area contributed by atoms with Crippen LogP contribution < -0.4 is 4.74 Å². The maximum Gasteiger partial charge on any atom is 0.270 e. The van der Waals surface area contributed by atoms with Crippen LogP contribution in [0.15, 0.2) is 55.1 Å². The van der Waals surface area contributed by atoms with Gasteiger partial charge in [0.2, 0.25) is 5.88 Å². The number of likely N-dealkylation sites (tertiary alicyclic amines) is 1. The van der Waals surface area contributed by atoms with Gasteiger partial charge in [-0.2, -0.15) is 0 Å². The van der Waals surface area contributed by atoms with Crippen LogP contribution in [0.1, 0.15) is 16.9 Å². The molecule has 1 amide bonds. The molecule has 0 spiro atoms. The van der Waals surface area contributed by atoms with Crippen LogP contribution >= 0.6 is 0 Å². The molecular weight excluding hydrogens is 335 g/mol. The van der Waals surface area contributed by atoms with E-state index in [2.05, 4.69) is 15.0 Å². The van der Waals surface area contributed by atoms with E-state index in [1.165, 1.54) is 12.1 Å². The second-order valence-electron chi connectivity index (χ2n) is 6.13. The van der Waals surface area contributed by atoms with Gasteiger partial charge in [-0.1, -0.05) is 12.1 Å². The number of ether oxygens (including phenoxy) is 1. The minimum Gasteiger partial charge on any atom is -0.471 e. The molecule has 0 bridgehead atoms. The largest absolute Gasteiger partial charge is 0.471 e. The van der Waals surface area contributed by atoms with Crippen LogP contribution in [0.3, 0.4) is 0 Å². The predicted octanol–water partition coefficient (Wildman–Crippen LogP) is 2.90. The third kappa shape index (κ3) is 3.42. The van der Waals surface area contributed by atoms with Crippen molar-refractivity contribution in [2.45, 2.75) is 12.5 Å². The summed E-state index contributed by atoms with van der Waals surface area (Å²) >= 11 is 0. The first-order valence-electron chi connectivity index (χ1n) is 8.35. The Labute approximate surface area is 149 Å². The molecule has 1 saturated heterocycles. The van der Waals surface area contributed by atoms with E-state index < -0.39 is 0 Å². The van der Waals surface area contributed by atoms with Crippen molar-refractivity contribution in [1.29, 1.82) is 0 Å². The van der Waals surface area contributed by atoms with Gasteiger partial charge in [0.1, 0.15) is 17.6 Å². The standard InChI is InChI=1S/C19H17FN4O2/c20-15-3-1-13(2-4-15)14-9-17(23-10-14)19(25)24-8-5-16(12-24)26-18-11-21-6-7-22-18/h1-4,6-7,9-11,16,23H,5,8,12H2. The monoisotopic (exact) mass is 352 g/mol. The van der Waals surface area contributed by atoms with Gasteiger partial charge in [0.25, 0.3) is 5.91 Å². The fourth-order valence-electron chi connectivity index (χ4n) is 3.02. The lowest BCUT2D eigenvalue weighted by Gasteiger charge is -2.16. The van der Waals surface area contributed by atoms with Crippen molar-refractivity contribution in [2.24, 2.45) is 0 Å². The minimum atomic E-state index is -0.285. The topological polar surface area (TPSA) is 71.1 Å². The number of nitrogens with one attached hydrogen (secondary N) is 1. The lowest BCUT2D eigenvalue weighted by atomic mass is 10.1. The molecule has 1 aliphatic heterocycles. The molecule has 1 unspecified atom stereocenters. The lowest BCUT2D eigenvalue weighted by Crippen LogP contribution is -2.31. The summed E-state index contributed by atoms with van der Waals surface area (Å²) in [5.74, 6) is 0.0978. The number of halogens is 1. The Bertz CT molecular complexity index is 895. The molecule has 1 atom stereocenters. The molecule has 7 heteroatoms. The summed E-state index contributed by atoms with van der Waals surface area (Å²) in [6.45, 7) is 1.12. The van der Waals surface area contributed by atoms with Gasteiger partial charge in [-0.15, -0.1) is 0 Å². The highest BCUT2D eigenvalue weighted by molar-refractivity contribution is 5.94. The Balaban J connectivity index is 1.41. The van der Waals surface area contributed by atoms with Gasteiger partial charge in [-0.3, -0.25) is 9.78 Å². The third-order valence-corrected chi connectivity index (χ3v) is 4.35. The maximum atomic E-state index is 13.0. The molecule has 0 aliphatic carbocycles. The van der Waals surface area contributed by atoms with Crippen LogP contribution in [-0.4, -0.2) is 45.0 Å². The first-order valence-corrected chi connectivity index (χ1v) is 8.35. The van der Waals surface area contributed by atoms with Gasteiger partial charge in [-0.25, -0.2) is 9.37 Å². The molecule has 1 fully saturated rings. The number of carbonyl (C=O) groups is 1. The number of rotatable bonds is 4. The lowest BCUT2D eigenvalue weighted by molar-refractivity contribution is 0.0766. The zero-order valence-electron chi connectivity index (χ0n) is 13.9. The Morgan fingerprint density at radius 2 is 2.08 bits per heavy atom. The molecular formula is C19H17FN4O2. The first kappa shape index (κ1) is 16.3. The summed E-state index contributed by atoms with van der Waals surface area (Å²) in [4.78, 5) is 25.5. The van der Waals surface area contributed by atoms with Crippen LogP contribution in [0.5, 0.6) is 5.88 Å². The molecule has 3 heterocycles. The number of hydrogen-bond acceptors (Lipinski definition) is 4. The summed E-state index contributed by atoms with van der Waals surface area (Å²) < 4.78 is 18.8. The van der Waals surface area contributed by atoms with Crippen molar-refractivity contribution in [2.75, 3.05) is 13.1 Å². The van der Waals surface area contributed by atoms with Crippen molar-refractivity contribution in [1.82, 2.24) is 19.9 Å². The van der Waals surface area contributed by atoms with E-state index in [9.17, 15) is 9.18 Å². The molecule has 1 N–H and O–H groups in total. The van der Waals surface area contributed by atoms with E-state index in [1.54, 1.807) is 47.9 Å². The zero-order valence-corrected chi connectivity index (χ0v) is 13.9. The van der Waals surface area contributed by atoms with Crippen LogP contribution in [0.4, 0.5) is 4.39 Å². The van der Waals surface area contributed by atoms with Crippen LogP contribution in [-0.2, 0) is 0 Å². The van der Waals surface area contributed by atoms with Crippen molar-refractivity contribution in [3.63, 3.8) is 0 Å². The van der Waals surface area contributed by atoms with Crippen molar-refractivity contribution >= 4 is 5.91 Å². The molecule has 0 radical (unpaired) electrons. The van der Waals surface area contributed by atoms with Crippen molar-refractivity contribution in [3.05, 3.63) is 66.6 Å². The number of benzene rings is 1. The summed E-state index contributed by atoms with van der Waals surface area (Å²) in [6, 6.07) is 7.96. The van der Waals surface area contributed by atoms with E-state index in [0.717, 1.165) is 17.5 Å². The zero-order chi connectivity index (χ0) is 17.9. The van der Waals surface area contributed by atoms with Crippen LogP contribution in [0.25, 0.3) is 11.1 Å². The fraction of sp³-hybridized carbons (Fsp3) is 0.211. The number of carbonyl (C=O) groups excluding carboxylic acids is 1. The molecule has 26 heavy (non-hydrogen) atoms. The molecule has 2 aromatic heterocycles. The van der Waals surface area contributed by atoms with E-state index >= 15 is 0 Å². The first-order chi connectivity index (χ1) is 12.7. The van der Waals surface area contributed by atoms with Crippen molar-refractivity contribution < 1.29 is 13.9 Å². The van der Waals surface area contributed by atoms with E-state index in [-0.39, 0.29) is 17.8 Å². The molecule has 3 aromatic rings. The number of aromatic nitrogens is 3. The predicted molar refractivity (Wildman–Crippen MR) is 93.2 cm³/mol. The quantitative estimate of drug-likeness (QED) is 0.784. The van der Waals surface area contributed by atoms with Gasteiger partial charge < -0.3 is 14.6 Å². The van der Waals surface area contributed by atoms with E-state index in [0.29, 0.717) is 24.7 Å². The van der Waals surface area contributed by atoms with Gasteiger partial charge in [-0.05, 0) is 29.3 Å². The van der Waals surface area contributed by atoms with Crippen LogP contribution in [0.2, 0.25) is 0 Å². The summed E-state index contributed by atoms with van der Waals surface area (Å²) in [6.07, 6.45) is 7.12. The fourth-order valence-corrected chi connectivity index (χ4v) is 3.02. The summed E-state index contributed by atoms with van der Waals surface area (Å²) in [5.41, 5.74) is 2.20. The normalized spacial score (nSPS) is 16.7. The van der Waals surface area contributed by atoms with Gasteiger partial charge in [0, 0.05) is 31.6 Å². The molecule has 1 aliphatic rings. The second kappa shape index (κ2) is 6.95. The molecule has 1 aromatic carbocycles. The highest BCUT2D eigenvalue weighted by atomic mass is 19.1. The SMILES string of the molecule is O=C(c1cc(-c2ccc(F)cc2)c[nH]1)N1CCC(Oc2cnccn2)C1. The highest BCUT2D eigenvalue weighted by Gasteiger charge is 2.29. The average molecular weight is 352 g/mol. The third-order valence-electron chi connectivity index (χ3n) is 4.35. The van der Waals surface area contributed by atoms with Gasteiger partial charge in [0.05, 0.1) is 12.7 Å². The molecule has 132 valence electrons. The molecule has 0 saturated carbocycles. The number of nitrogens with zero attached hydrogens (tertiary/aromatic N) is 3.